The monoisotopic (exact) mass is 320 g/mol. The Hall–Kier alpha value is -0.900. The molecule has 2 heterocycles. The molecular formula is C17H21ClN2S. The van der Waals surface area contributed by atoms with Crippen molar-refractivity contribution in [2.24, 2.45) is 0 Å². The zero-order chi connectivity index (χ0) is 14.8. The van der Waals surface area contributed by atoms with Crippen molar-refractivity contribution in [3.05, 3.63) is 50.4 Å². The average Bonchev–Trinajstić information content (AvgIpc) is 2.84. The Labute approximate surface area is 135 Å². The third-order valence-corrected chi connectivity index (χ3v) is 6.07. The van der Waals surface area contributed by atoms with Gasteiger partial charge in [-0.05, 0) is 55.3 Å². The molecule has 21 heavy (non-hydrogen) atoms. The van der Waals surface area contributed by atoms with Crippen LogP contribution in [0, 0.1) is 6.92 Å². The first kappa shape index (κ1) is 15.0. The van der Waals surface area contributed by atoms with E-state index in [4.69, 9.17) is 11.6 Å². The molecule has 0 aromatic carbocycles. The van der Waals surface area contributed by atoms with Gasteiger partial charge in [0.05, 0.1) is 11.1 Å². The van der Waals surface area contributed by atoms with Crippen LogP contribution in [0.4, 0.5) is 0 Å². The molecule has 1 aliphatic carbocycles. The van der Waals surface area contributed by atoms with Gasteiger partial charge in [-0.1, -0.05) is 24.6 Å². The minimum absolute atomic E-state index is 0.273. The van der Waals surface area contributed by atoms with Crippen molar-refractivity contribution in [3.63, 3.8) is 0 Å². The van der Waals surface area contributed by atoms with Crippen LogP contribution in [-0.4, -0.2) is 11.5 Å². The molecule has 2 unspecified atom stereocenters. The summed E-state index contributed by atoms with van der Waals surface area (Å²) in [6, 6.07) is 4.54. The van der Waals surface area contributed by atoms with Gasteiger partial charge < -0.3 is 5.32 Å². The Morgan fingerprint density at radius 1 is 1.52 bits per heavy atom. The molecule has 112 valence electrons. The molecule has 1 aliphatic rings. The zero-order valence-electron chi connectivity index (χ0n) is 12.5. The Bertz CT molecular complexity index is 623. The van der Waals surface area contributed by atoms with Crippen molar-refractivity contribution in [2.75, 3.05) is 6.54 Å². The summed E-state index contributed by atoms with van der Waals surface area (Å²) in [4.78, 5) is 5.95. The van der Waals surface area contributed by atoms with Crippen LogP contribution in [0.5, 0.6) is 0 Å². The molecule has 0 fully saturated rings. The van der Waals surface area contributed by atoms with E-state index >= 15 is 0 Å². The maximum atomic E-state index is 6.54. The fraction of sp³-hybridized carbons (Fsp3) is 0.471. The van der Waals surface area contributed by atoms with E-state index in [0.29, 0.717) is 5.92 Å². The smallest absolute Gasteiger partial charge is 0.0590 e. The normalized spacial score (nSPS) is 19.3. The number of thiophene rings is 1. The zero-order valence-corrected chi connectivity index (χ0v) is 14.1. The average molecular weight is 321 g/mol. The van der Waals surface area contributed by atoms with E-state index < -0.39 is 0 Å². The van der Waals surface area contributed by atoms with E-state index in [2.05, 4.69) is 35.6 Å². The predicted molar refractivity (Wildman–Crippen MR) is 90.4 cm³/mol. The fourth-order valence-electron chi connectivity index (χ4n) is 3.27. The second-order valence-corrected chi connectivity index (χ2v) is 6.97. The lowest BCUT2D eigenvalue weighted by molar-refractivity contribution is 0.405. The fourth-order valence-corrected chi connectivity index (χ4v) is 4.72. The molecule has 4 heteroatoms. The Morgan fingerprint density at radius 3 is 3.10 bits per heavy atom. The summed E-state index contributed by atoms with van der Waals surface area (Å²) < 4.78 is 0. The first-order valence-electron chi connectivity index (χ1n) is 7.63. The molecule has 0 aliphatic heterocycles. The highest BCUT2D eigenvalue weighted by Gasteiger charge is 2.31. The minimum atomic E-state index is 0.273. The van der Waals surface area contributed by atoms with E-state index in [-0.39, 0.29) is 6.04 Å². The van der Waals surface area contributed by atoms with Gasteiger partial charge in [-0.3, -0.25) is 4.98 Å². The topological polar surface area (TPSA) is 24.9 Å². The summed E-state index contributed by atoms with van der Waals surface area (Å²) in [6.07, 6.45) is 5.47. The lowest BCUT2D eigenvalue weighted by atomic mass is 9.81. The van der Waals surface area contributed by atoms with Gasteiger partial charge in [0.25, 0.3) is 0 Å². The van der Waals surface area contributed by atoms with E-state index in [0.717, 1.165) is 18.0 Å². The summed E-state index contributed by atoms with van der Waals surface area (Å²) in [6.45, 7) is 5.18. The number of likely N-dealkylation sites (N-methyl/N-ethyl adjacent to an activating group) is 1. The highest BCUT2D eigenvalue weighted by atomic mass is 35.5. The van der Waals surface area contributed by atoms with Gasteiger partial charge in [0.1, 0.15) is 0 Å². The molecule has 0 spiro atoms. The van der Waals surface area contributed by atoms with Gasteiger partial charge in [-0.15, -0.1) is 11.3 Å². The van der Waals surface area contributed by atoms with E-state index in [1.165, 1.54) is 34.5 Å². The number of hydrogen-bond acceptors (Lipinski definition) is 3. The quantitative estimate of drug-likeness (QED) is 0.868. The van der Waals surface area contributed by atoms with E-state index in [1.807, 2.05) is 12.3 Å². The molecule has 2 aromatic heterocycles. The van der Waals surface area contributed by atoms with E-state index in [9.17, 15) is 0 Å². The maximum Gasteiger partial charge on any atom is 0.0590 e. The molecule has 2 nitrogen and oxygen atoms in total. The number of rotatable bonds is 4. The maximum absolute atomic E-state index is 6.54. The van der Waals surface area contributed by atoms with Crippen molar-refractivity contribution < 1.29 is 0 Å². The van der Waals surface area contributed by atoms with Crippen LogP contribution in [0.1, 0.15) is 53.4 Å². The first-order chi connectivity index (χ1) is 10.2. The standard InChI is InChI=1S/C17H21ClN2S/c1-3-19-16(17-14(18)11(2)10-21-17)13-8-4-6-12-7-5-9-20-15(12)13/h5,7,9-10,13,16,19H,3-4,6,8H2,1-2H3. The molecule has 0 bridgehead atoms. The van der Waals surface area contributed by atoms with Gasteiger partial charge in [-0.25, -0.2) is 0 Å². The lowest BCUT2D eigenvalue weighted by Gasteiger charge is -2.31. The second-order valence-electron chi connectivity index (χ2n) is 5.68. The number of fused-ring (bicyclic) bond motifs is 1. The number of pyridine rings is 1. The van der Waals surface area contributed by atoms with E-state index in [1.54, 1.807) is 11.3 Å². The third-order valence-electron chi connectivity index (χ3n) is 4.27. The number of hydrogen-bond donors (Lipinski definition) is 1. The molecule has 2 aromatic rings. The van der Waals surface area contributed by atoms with Crippen molar-refractivity contribution in [2.45, 2.75) is 45.1 Å². The van der Waals surface area contributed by atoms with Crippen LogP contribution in [0.2, 0.25) is 5.02 Å². The highest BCUT2D eigenvalue weighted by molar-refractivity contribution is 7.10. The van der Waals surface area contributed by atoms with Gasteiger partial charge in [-0.2, -0.15) is 0 Å². The van der Waals surface area contributed by atoms with Crippen LogP contribution in [-0.2, 0) is 6.42 Å². The Kier molecular flexibility index (Phi) is 4.63. The number of halogens is 1. The lowest BCUT2D eigenvalue weighted by Crippen LogP contribution is -2.29. The largest absolute Gasteiger partial charge is 0.309 e. The predicted octanol–water partition coefficient (Wildman–Crippen LogP) is 4.88. The van der Waals surface area contributed by atoms with Crippen LogP contribution < -0.4 is 5.32 Å². The van der Waals surface area contributed by atoms with Crippen LogP contribution in [0.15, 0.2) is 23.7 Å². The van der Waals surface area contributed by atoms with Gasteiger partial charge in [0, 0.05) is 22.7 Å². The molecule has 3 rings (SSSR count). The van der Waals surface area contributed by atoms with Crippen molar-refractivity contribution in [1.29, 1.82) is 0 Å². The van der Waals surface area contributed by atoms with Crippen molar-refractivity contribution in [1.82, 2.24) is 10.3 Å². The Morgan fingerprint density at radius 2 is 2.38 bits per heavy atom. The van der Waals surface area contributed by atoms with Crippen LogP contribution >= 0.6 is 22.9 Å². The first-order valence-corrected chi connectivity index (χ1v) is 8.88. The molecule has 0 amide bonds. The number of nitrogens with zero attached hydrogens (tertiary/aromatic N) is 1. The number of nitrogens with one attached hydrogen (secondary N) is 1. The summed E-state index contributed by atoms with van der Waals surface area (Å²) in [5.74, 6) is 0.422. The SMILES string of the molecule is CCNC(c1scc(C)c1Cl)C1CCCc2cccnc21. The number of aryl methyl sites for hydroxylation is 2. The highest BCUT2D eigenvalue weighted by Crippen LogP contribution is 2.43. The Balaban J connectivity index is 2.01. The molecule has 0 radical (unpaired) electrons. The molecule has 1 N–H and O–H groups in total. The van der Waals surface area contributed by atoms with Crippen LogP contribution in [0.25, 0.3) is 0 Å². The van der Waals surface area contributed by atoms with Gasteiger partial charge in [0.2, 0.25) is 0 Å². The van der Waals surface area contributed by atoms with Crippen molar-refractivity contribution in [3.8, 4) is 0 Å². The molecule has 2 atom stereocenters. The molecule has 0 saturated carbocycles. The third kappa shape index (κ3) is 2.87. The summed E-state index contributed by atoms with van der Waals surface area (Å²) in [5, 5.41) is 6.73. The second kappa shape index (κ2) is 6.47. The molecule has 0 saturated heterocycles. The molecular weight excluding hydrogens is 300 g/mol. The van der Waals surface area contributed by atoms with Crippen molar-refractivity contribution >= 4 is 22.9 Å². The number of aromatic nitrogens is 1. The summed E-state index contributed by atoms with van der Waals surface area (Å²) in [5.41, 5.74) is 3.84. The minimum Gasteiger partial charge on any atom is -0.309 e. The summed E-state index contributed by atoms with van der Waals surface area (Å²) >= 11 is 8.31. The summed E-state index contributed by atoms with van der Waals surface area (Å²) in [7, 11) is 0. The van der Waals surface area contributed by atoms with Gasteiger partial charge in [0.15, 0.2) is 0 Å². The van der Waals surface area contributed by atoms with Gasteiger partial charge >= 0.3 is 0 Å². The van der Waals surface area contributed by atoms with Crippen LogP contribution in [0.3, 0.4) is 0 Å².